The number of phenols is 1. The summed E-state index contributed by atoms with van der Waals surface area (Å²) in [6.45, 7) is 0.0749. The van der Waals surface area contributed by atoms with Gasteiger partial charge in [0.15, 0.2) is 4.91 Å². The standard InChI is InChI=1S/C16H13ClN2O3S/c17-16-9-14(20)7-6-13(16)8-15(10-18)23(21,22)19-11-12-4-2-1-3-5-12/h1-9,19-20H,11H2. The van der Waals surface area contributed by atoms with Crippen molar-refractivity contribution in [3.8, 4) is 11.8 Å². The summed E-state index contributed by atoms with van der Waals surface area (Å²) in [5, 5.41) is 18.6. The number of hydrogen-bond donors (Lipinski definition) is 2. The highest BCUT2D eigenvalue weighted by atomic mass is 35.5. The van der Waals surface area contributed by atoms with Crippen LogP contribution >= 0.6 is 11.6 Å². The second-order valence-corrected chi connectivity index (χ2v) is 6.78. The summed E-state index contributed by atoms with van der Waals surface area (Å²) in [4.78, 5) is -0.457. The van der Waals surface area contributed by atoms with Crippen LogP contribution in [0, 0.1) is 11.3 Å². The highest BCUT2D eigenvalue weighted by Gasteiger charge is 2.17. The quantitative estimate of drug-likeness (QED) is 0.812. The van der Waals surface area contributed by atoms with Gasteiger partial charge in [-0.1, -0.05) is 41.9 Å². The summed E-state index contributed by atoms with van der Waals surface area (Å²) >= 11 is 5.92. The van der Waals surface area contributed by atoms with Crippen molar-refractivity contribution in [2.45, 2.75) is 6.54 Å². The third-order valence-electron chi connectivity index (χ3n) is 2.98. The molecule has 2 rings (SSSR count). The number of aromatic hydroxyl groups is 1. The number of nitrogens with zero attached hydrogens (tertiary/aromatic N) is 1. The van der Waals surface area contributed by atoms with Gasteiger partial charge in [-0.05, 0) is 35.4 Å². The van der Waals surface area contributed by atoms with Crippen molar-refractivity contribution in [3.63, 3.8) is 0 Å². The molecular formula is C16H13ClN2O3S. The molecule has 23 heavy (non-hydrogen) atoms. The molecule has 2 aromatic rings. The van der Waals surface area contributed by atoms with Crippen LogP contribution in [-0.4, -0.2) is 13.5 Å². The Hall–Kier alpha value is -2.33. The lowest BCUT2D eigenvalue weighted by atomic mass is 10.2. The molecule has 118 valence electrons. The maximum Gasteiger partial charge on any atom is 0.251 e. The lowest BCUT2D eigenvalue weighted by Crippen LogP contribution is -2.24. The van der Waals surface area contributed by atoms with Crippen molar-refractivity contribution in [1.29, 1.82) is 5.26 Å². The average Bonchev–Trinajstić information content (AvgIpc) is 2.53. The summed E-state index contributed by atoms with van der Waals surface area (Å²) in [6.07, 6.45) is 1.16. The van der Waals surface area contributed by atoms with E-state index in [2.05, 4.69) is 4.72 Å². The zero-order valence-corrected chi connectivity index (χ0v) is 13.5. The van der Waals surface area contributed by atoms with E-state index in [0.717, 1.165) is 11.6 Å². The lowest BCUT2D eigenvalue weighted by Gasteiger charge is -2.06. The smallest absolute Gasteiger partial charge is 0.251 e. The number of nitriles is 1. The first-order chi connectivity index (χ1) is 10.9. The molecule has 0 aliphatic heterocycles. The third kappa shape index (κ3) is 4.57. The first-order valence-corrected chi connectivity index (χ1v) is 8.42. The number of rotatable bonds is 5. The van der Waals surface area contributed by atoms with Gasteiger partial charge in [0.25, 0.3) is 10.0 Å². The molecule has 5 nitrogen and oxygen atoms in total. The SMILES string of the molecule is N#CC(=Cc1ccc(O)cc1Cl)S(=O)(=O)NCc1ccccc1. The van der Waals surface area contributed by atoms with Crippen molar-refractivity contribution in [2.24, 2.45) is 0 Å². The van der Waals surface area contributed by atoms with Crippen LogP contribution in [0.2, 0.25) is 5.02 Å². The summed E-state index contributed by atoms with van der Waals surface area (Å²) in [5.41, 5.74) is 1.10. The van der Waals surface area contributed by atoms with Crippen LogP contribution in [0.15, 0.2) is 53.4 Å². The largest absolute Gasteiger partial charge is 0.508 e. The fraction of sp³-hybridized carbons (Fsp3) is 0.0625. The van der Waals surface area contributed by atoms with Gasteiger partial charge in [-0.15, -0.1) is 0 Å². The predicted molar refractivity (Wildman–Crippen MR) is 88.9 cm³/mol. The molecule has 7 heteroatoms. The van der Waals surface area contributed by atoms with Gasteiger partial charge in [-0.25, -0.2) is 13.1 Å². The number of halogens is 1. The minimum Gasteiger partial charge on any atom is -0.508 e. The van der Waals surface area contributed by atoms with E-state index in [1.807, 2.05) is 6.07 Å². The molecule has 2 aromatic carbocycles. The maximum absolute atomic E-state index is 12.2. The van der Waals surface area contributed by atoms with Crippen LogP contribution in [0.3, 0.4) is 0 Å². The van der Waals surface area contributed by atoms with E-state index in [-0.39, 0.29) is 17.3 Å². The summed E-state index contributed by atoms with van der Waals surface area (Å²) < 4.78 is 26.8. The van der Waals surface area contributed by atoms with Crippen LogP contribution in [0.4, 0.5) is 0 Å². The second-order valence-electron chi connectivity index (χ2n) is 4.64. The van der Waals surface area contributed by atoms with Crippen LogP contribution < -0.4 is 4.72 Å². The first kappa shape index (κ1) is 17.0. The molecule has 0 atom stereocenters. The first-order valence-electron chi connectivity index (χ1n) is 6.56. The molecule has 0 radical (unpaired) electrons. The van der Waals surface area contributed by atoms with E-state index < -0.39 is 14.9 Å². The predicted octanol–water partition coefficient (Wildman–Crippen LogP) is 3.03. The average molecular weight is 349 g/mol. The normalized spacial score (nSPS) is 11.9. The monoisotopic (exact) mass is 348 g/mol. The highest BCUT2D eigenvalue weighted by Crippen LogP contribution is 2.24. The van der Waals surface area contributed by atoms with Gasteiger partial charge in [0.2, 0.25) is 0 Å². The maximum atomic E-state index is 12.2. The van der Waals surface area contributed by atoms with Crippen molar-refractivity contribution in [1.82, 2.24) is 4.72 Å². The zero-order valence-electron chi connectivity index (χ0n) is 11.9. The molecule has 0 aliphatic carbocycles. The Morgan fingerprint density at radius 3 is 2.57 bits per heavy atom. The van der Waals surface area contributed by atoms with Gasteiger partial charge in [-0.3, -0.25) is 0 Å². The zero-order chi connectivity index (χ0) is 16.9. The molecular weight excluding hydrogens is 336 g/mol. The van der Waals surface area contributed by atoms with Crippen LogP contribution in [0.25, 0.3) is 6.08 Å². The van der Waals surface area contributed by atoms with Gasteiger partial charge < -0.3 is 5.11 Å². The Kier molecular flexibility index (Phi) is 5.40. The number of benzene rings is 2. The molecule has 0 bridgehead atoms. The van der Waals surface area contributed by atoms with E-state index >= 15 is 0 Å². The molecule has 0 aliphatic rings. The van der Waals surface area contributed by atoms with Crippen LogP contribution in [0.5, 0.6) is 5.75 Å². The van der Waals surface area contributed by atoms with Crippen LogP contribution in [0.1, 0.15) is 11.1 Å². The molecule has 0 aromatic heterocycles. The highest BCUT2D eigenvalue weighted by molar-refractivity contribution is 7.93. The van der Waals surface area contributed by atoms with Gasteiger partial charge >= 0.3 is 0 Å². The van der Waals surface area contributed by atoms with Gasteiger partial charge in [0.1, 0.15) is 11.8 Å². The molecule has 0 fully saturated rings. The number of sulfonamides is 1. The Morgan fingerprint density at radius 1 is 1.26 bits per heavy atom. The Morgan fingerprint density at radius 2 is 1.96 bits per heavy atom. The van der Waals surface area contributed by atoms with E-state index in [9.17, 15) is 13.5 Å². The summed E-state index contributed by atoms with van der Waals surface area (Å²) in [6, 6.07) is 14.7. The molecule has 0 spiro atoms. The molecule has 0 saturated carbocycles. The minimum absolute atomic E-state index is 0.0456. The van der Waals surface area contributed by atoms with Crippen molar-refractivity contribution >= 4 is 27.7 Å². The molecule has 0 saturated heterocycles. The van der Waals surface area contributed by atoms with Gasteiger partial charge in [-0.2, -0.15) is 5.26 Å². The van der Waals surface area contributed by atoms with Crippen LogP contribution in [-0.2, 0) is 16.6 Å². The Bertz CT molecular complexity index is 872. The second kappa shape index (κ2) is 7.29. The minimum atomic E-state index is -3.97. The number of allylic oxidation sites excluding steroid dienone is 1. The molecule has 0 unspecified atom stereocenters. The van der Waals surface area contributed by atoms with Crippen molar-refractivity contribution < 1.29 is 13.5 Å². The third-order valence-corrected chi connectivity index (χ3v) is 4.62. The van der Waals surface area contributed by atoms with E-state index in [4.69, 9.17) is 16.9 Å². The summed E-state index contributed by atoms with van der Waals surface area (Å²) in [7, 11) is -3.97. The van der Waals surface area contributed by atoms with E-state index in [1.165, 1.54) is 18.2 Å². The fourth-order valence-corrected chi connectivity index (χ4v) is 2.94. The number of hydrogen-bond acceptors (Lipinski definition) is 4. The summed E-state index contributed by atoms with van der Waals surface area (Å²) in [5.74, 6) is -0.0456. The van der Waals surface area contributed by atoms with Gasteiger partial charge in [0.05, 0.1) is 5.02 Å². The molecule has 0 heterocycles. The van der Waals surface area contributed by atoms with E-state index in [1.54, 1.807) is 30.3 Å². The van der Waals surface area contributed by atoms with Gasteiger partial charge in [0, 0.05) is 6.54 Å². The topological polar surface area (TPSA) is 90.2 Å². The Balaban J connectivity index is 2.25. The number of phenolic OH excluding ortho intramolecular Hbond substituents is 1. The van der Waals surface area contributed by atoms with Crippen molar-refractivity contribution in [2.75, 3.05) is 0 Å². The lowest BCUT2D eigenvalue weighted by molar-refractivity contribution is 0.475. The number of nitrogens with one attached hydrogen (secondary N) is 1. The van der Waals surface area contributed by atoms with E-state index in [0.29, 0.717) is 5.56 Å². The molecule has 2 N–H and O–H groups in total. The molecule has 0 amide bonds. The Labute approximate surface area is 139 Å². The fourth-order valence-electron chi connectivity index (χ4n) is 1.80. The van der Waals surface area contributed by atoms with Crippen molar-refractivity contribution in [3.05, 3.63) is 69.6 Å².